The molecule has 18 heavy (non-hydrogen) atoms. The van der Waals surface area contributed by atoms with Crippen molar-refractivity contribution >= 4 is 11.6 Å². The lowest BCUT2D eigenvalue weighted by atomic mass is 10.2. The number of ether oxygens (including phenoxy) is 1. The molecule has 1 aliphatic carbocycles. The van der Waals surface area contributed by atoms with Crippen LogP contribution in [0.1, 0.15) is 24.5 Å². The first-order chi connectivity index (χ1) is 8.76. The summed E-state index contributed by atoms with van der Waals surface area (Å²) in [6.07, 6.45) is 4.07. The highest BCUT2D eigenvalue weighted by Gasteiger charge is 2.26. The van der Waals surface area contributed by atoms with E-state index in [9.17, 15) is 0 Å². The molecule has 1 aliphatic rings. The molecule has 0 amide bonds. The van der Waals surface area contributed by atoms with Crippen LogP contribution in [0.25, 0.3) is 11.4 Å². The van der Waals surface area contributed by atoms with E-state index in [4.69, 9.17) is 16.3 Å². The SMILES string of the molecule is COc1ccc(-c2nc(Cl)cc(C3CC3)n2)cn1. The summed E-state index contributed by atoms with van der Waals surface area (Å²) in [4.78, 5) is 12.9. The molecule has 1 saturated carbocycles. The largest absolute Gasteiger partial charge is 0.481 e. The van der Waals surface area contributed by atoms with E-state index >= 15 is 0 Å². The second kappa shape index (κ2) is 4.53. The lowest BCUT2D eigenvalue weighted by molar-refractivity contribution is 0.398. The summed E-state index contributed by atoms with van der Waals surface area (Å²) >= 11 is 6.03. The minimum absolute atomic E-state index is 0.484. The Morgan fingerprint density at radius 1 is 1.28 bits per heavy atom. The third-order valence-electron chi connectivity index (χ3n) is 2.91. The fraction of sp³-hybridized carbons (Fsp3) is 0.308. The Bertz CT molecular complexity index is 567. The maximum Gasteiger partial charge on any atom is 0.212 e. The van der Waals surface area contributed by atoms with Gasteiger partial charge in [0.2, 0.25) is 5.88 Å². The number of halogens is 1. The monoisotopic (exact) mass is 261 g/mol. The molecule has 0 spiro atoms. The van der Waals surface area contributed by atoms with Crippen molar-refractivity contribution in [3.8, 4) is 17.3 Å². The Kier molecular flexibility index (Phi) is 2.88. The van der Waals surface area contributed by atoms with E-state index in [0.29, 0.717) is 22.8 Å². The van der Waals surface area contributed by atoms with E-state index < -0.39 is 0 Å². The summed E-state index contributed by atoms with van der Waals surface area (Å²) < 4.78 is 5.02. The zero-order valence-corrected chi connectivity index (χ0v) is 10.7. The molecule has 0 N–H and O–H groups in total. The maximum absolute atomic E-state index is 6.03. The van der Waals surface area contributed by atoms with Crippen LogP contribution >= 0.6 is 11.6 Å². The van der Waals surface area contributed by atoms with Crippen LogP contribution in [0.2, 0.25) is 5.15 Å². The van der Waals surface area contributed by atoms with Gasteiger partial charge in [-0.25, -0.2) is 15.0 Å². The third-order valence-corrected chi connectivity index (χ3v) is 3.11. The van der Waals surface area contributed by atoms with E-state index in [1.165, 1.54) is 12.8 Å². The van der Waals surface area contributed by atoms with Crippen LogP contribution < -0.4 is 4.74 Å². The number of hydrogen-bond donors (Lipinski definition) is 0. The lowest BCUT2D eigenvalue weighted by Crippen LogP contribution is -1.96. The van der Waals surface area contributed by atoms with Crippen molar-refractivity contribution in [1.29, 1.82) is 0 Å². The van der Waals surface area contributed by atoms with Crippen LogP contribution in [0.4, 0.5) is 0 Å². The normalized spacial score (nSPS) is 14.6. The second-order valence-corrected chi connectivity index (χ2v) is 4.69. The first-order valence-electron chi connectivity index (χ1n) is 5.81. The van der Waals surface area contributed by atoms with Gasteiger partial charge in [0.05, 0.1) is 7.11 Å². The third kappa shape index (κ3) is 2.29. The highest BCUT2D eigenvalue weighted by molar-refractivity contribution is 6.29. The zero-order chi connectivity index (χ0) is 12.5. The Labute approximate surface area is 110 Å². The van der Waals surface area contributed by atoms with Crippen molar-refractivity contribution in [3.05, 3.63) is 35.2 Å². The average molecular weight is 262 g/mol. The fourth-order valence-electron chi connectivity index (χ4n) is 1.79. The van der Waals surface area contributed by atoms with Gasteiger partial charge in [-0.3, -0.25) is 0 Å². The smallest absolute Gasteiger partial charge is 0.212 e. The van der Waals surface area contributed by atoms with Gasteiger partial charge in [0.15, 0.2) is 5.82 Å². The predicted octanol–water partition coefficient (Wildman–Crippen LogP) is 3.08. The Morgan fingerprint density at radius 2 is 2.11 bits per heavy atom. The lowest BCUT2D eigenvalue weighted by Gasteiger charge is -2.04. The number of pyridine rings is 1. The highest BCUT2D eigenvalue weighted by atomic mass is 35.5. The molecule has 3 rings (SSSR count). The summed E-state index contributed by atoms with van der Waals surface area (Å²) in [5, 5.41) is 0.484. The molecular weight excluding hydrogens is 250 g/mol. The molecule has 0 unspecified atom stereocenters. The van der Waals surface area contributed by atoms with Gasteiger partial charge in [0, 0.05) is 29.4 Å². The molecule has 0 saturated heterocycles. The summed E-state index contributed by atoms with van der Waals surface area (Å²) in [6.45, 7) is 0. The van der Waals surface area contributed by atoms with Crippen molar-refractivity contribution in [1.82, 2.24) is 15.0 Å². The van der Waals surface area contributed by atoms with Gasteiger partial charge in [0.1, 0.15) is 5.15 Å². The molecule has 0 aliphatic heterocycles. The molecule has 0 aromatic carbocycles. The van der Waals surface area contributed by atoms with Gasteiger partial charge in [-0.1, -0.05) is 11.6 Å². The fourth-order valence-corrected chi connectivity index (χ4v) is 1.98. The summed E-state index contributed by atoms with van der Waals surface area (Å²) in [5.41, 5.74) is 1.88. The maximum atomic E-state index is 6.03. The summed E-state index contributed by atoms with van der Waals surface area (Å²) in [6, 6.07) is 5.52. The first kappa shape index (κ1) is 11.4. The van der Waals surface area contributed by atoms with Gasteiger partial charge in [-0.05, 0) is 25.0 Å². The molecule has 2 heterocycles. The summed E-state index contributed by atoms with van der Waals surface area (Å²) in [7, 11) is 1.59. The number of nitrogens with zero attached hydrogens (tertiary/aromatic N) is 3. The van der Waals surface area contributed by atoms with Gasteiger partial charge < -0.3 is 4.74 Å². The molecule has 4 nitrogen and oxygen atoms in total. The molecule has 0 bridgehead atoms. The quantitative estimate of drug-likeness (QED) is 0.797. The Hall–Kier alpha value is -1.68. The van der Waals surface area contributed by atoms with Crippen molar-refractivity contribution in [2.45, 2.75) is 18.8 Å². The number of methoxy groups -OCH3 is 1. The van der Waals surface area contributed by atoms with Gasteiger partial charge in [-0.15, -0.1) is 0 Å². The minimum atomic E-state index is 0.484. The Morgan fingerprint density at radius 3 is 2.72 bits per heavy atom. The predicted molar refractivity (Wildman–Crippen MR) is 68.8 cm³/mol. The molecule has 0 atom stereocenters. The number of aromatic nitrogens is 3. The molecule has 0 radical (unpaired) electrons. The topological polar surface area (TPSA) is 47.9 Å². The molecule has 1 fully saturated rings. The molecular formula is C13H12ClN3O. The van der Waals surface area contributed by atoms with Crippen LogP contribution in [-0.4, -0.2) is 22.1 Å². The second-order valence-electron chi connectivity index (χ2n) is 4.30. The van der Waals surface area contributed by atoms with Gasteiger partial charge in [-0.2, -0.15) is 0 Å². The summed E-state index contributed by atoms with van der Waals surface area (Å²) in [5.74, 6) is 1.75. The Balaban J connectivity index is 1.98. The molecule has 2 aromatic heterocycles. The van der Waals surface area contributed by atoms with Gasteiger partial charge >= 0.3 is 0 Å². The van der Waals surface area contributed by atoms with Crippen molar-refractivity contribution < 1.29 is 4.74 Å². The van der Waals surface area contributed by atoms with E-state index in [1.807, 2.05) is 12.1 Å². The zero-order valence-electron chi connectivity index (χ0n) is 9.93. The van der Waals surface area contributed by atoms with Crippen LogP contribution in [0, 0.1) is 0 Å². The minimum Gasteiger partial charge on any atom is -0.481 e. The number of hydrogen-bond acceptors (Lipinski definition) is 4. The van der Waals surface area contributed by atoms with Crippen molar-refractivity contribution in [2.24, 2.45) is 0 Å². The van der Waals surface area contributed by atoms with Crippen LogP contribution in [0.3, 0.4) is 0 Å². The van der Waals surface area contributed by atoms with E-state index in [0.717, 1.165) is 11.3 Å². The van der Waals surface area contributed by atoms with E-state index in [2.05, 4.69) is 15.0 Å². The van der Waals surface area contributed by atoms with Crippen LogP contribution in [0.15, 0.2) is 24.4 Å². The van der Waals surface area contributed by atoms with Crippen molar-refractivity contribution in [2.75, 3.05) is 7.11 Å². The highest BCUT2D eigenvalue weighted by Crippen LogP contribution is 2.40. The van der Waals surface area contributed by atoms with E-state index in [1.54, 1.807) is 19.4 Å². The average Bonchev–Trinajstić information content (AvgIpc) is 3.22. The first-order valence-corrected chi connectivity index (χ1v) is 6.19. The standard InChI is InChI=1S/C13H12ClN3O/c1-18-12-5-4-9(7-15-12)13-16-10(8-2-3-8)6-11(14)17-13/h4-8H,2-3H2,1H3. The van der Waals surface area contributed by atoms with Crippen LogP contribution in [-0.2, 0) is 0 Å². The van der Waals surface area contributed by atoms with Crippen LogP contribution in [0.5, 0.6) is 5.88 Å². The van der Waals surface area contributed by atoms with Gasteiger partial charge in [0.25, 0.3) is 0 Å². The molecule has 2 aromatic rings. The van der Waals surface area contributed by atoms with Crippen molar-refractivity contribution in [3.63, 3.8) is 0 Å². The molecule has 92 valence electrons. The number of rotatable bonds is 3. The molecule has 5 heteroatoms. The van der Waals surface area contributed by atoms with E-state index in [-0.39, 0.29) is 0 Å².